The number of hydrogen-bond donors (Lipinski definition) is 1. The summed E-state index contributed by atoms with van der Waals surface area (Å²) in [5.41, 5.74) is 1.88. The average molecular weight is 450 g/mol. The van der Waals surface area contributed by atoms with E-state index >= 15 is 0 Å². The Hall–Kier alpha value is -4.08. The summed E-state index contributed by atoms with van der Waals surface area (Å²) < 4.78 is 22.8. The summed E-state index contributed by atoms with van der Waals surface area (Å²) in [6.45, 7) is 5.41. The van der Waals surface area contributed by atoms with Gasteiger partial charge in [-0.05, 0) is 44.0 Å². The van der Waals surface area contributed by atoms with Crippen molar-refractivity contribution in [2.75, 3.05) is 11.9 Å². The predicted molar refractivity (Wildman–Crippen MR) is 119 cm³/mol. The highest BCUT2D eigenvalue weighted by Crippen LogP contribution is 2.24. The van der Waals surface area contributed by atoms with Gasteiger partial charge < -0.3 is 10.1 Å². The van der Waals surface area contributed by atoms with Crippen molar-refractivity contribution in [3.63, 3.8) is 0 Å². The van der Waals surface area contributed by atoms with Gasteiger partial charge in [0.15, 0.2) is 11.5 Å². The first-order chi connectivity index (χ1) is 15.9. The maximum Gasteiger partial charge on any atom is 0.327 e. The number of aryl methyl sites for hydroxylation is 2. The van der Waals surface area contributed by atoms with Crippen LogP contribution in [-0.4, -0.2) is 42.9 Å². The normalized spacial score (nSPS) is 11.0. The third-order valence-corrected chi connectivity index (χ3v) is 5.03. The van der Waals surface area contributed by atoms with E-state index in [9.17, 15) is 14.0 Å². The van der Waals surface area contributed by atoms with Gasteiger partial charge in [0.2, 0.25) is 0 Å². The number of aromatic nitrogens is 5. The molecule has 0 unspecified atom stereocenters. The van der Waals surface area contributed by atoms with Crippen LogP contribution in [0.1, 0.15) is 35.6 Å². The summed E-state index contributed by atoms with van der Waals surface area (Å²) in [4.78, 5) is 29.5. The van der Waals surface area contributed by atoms with Gasteiger partial charge in [-0.1, -0.05) is 19.1 Å². The van der Waals surface area contributed by atoms with Crippen LogP contribution in [-0.2, 0) is 22.5 Å². The molecule has 170 valence electrons. The molecular weight excluding hydrogens is 427 g/mol. The lowest BCUT2D eigenvalue weighted by Crippen LogP contribution is -2.21. The van der Waals surface area contributed by atoms with E-state index in [1.54, 1.807) is 56.4 Å². The zero-order valence-electron chi connectivity index (χ0n) is 18.5. The van der Waals surface area contributed by atoms with Crippen LogP contribution in [0.4, 0.5) is 10.2 Å². The van der Waals surface area contributed by atoms with Gasteiger partial charge in [-0.2, -0.15) is 5.10 Å². The number of fused-ring (bicyclic) bond motifs is 1. The van der Waals surface area contributed by atoms with Crippen molar-refractivity contribution in [1.29, 1.82) is 0 Å². The number of hydrogen-bond acceptors (Lipinski definition) is 6. The summed E-state index contributed by atoms with van der Waals surface area (Å²) >= 11 is 0. The fourth-order valence-corrected chi connectivity index (χ4v) is 3.51. The SMILES string of the molecule is CCOC(=O)Cn1nc(C)cc1NC(=O)c1nc(-c2cccc(CC)c2F)nn2cccc12. The van der Waals surface area contributed by atoms with Crippen molar-refractivity contribution in [2.24, 2.45) is 0 Å². The second-order valence-corrected chi connectivity index (χ2v) is 7.34. The molecule has 10 heteroatoms. The molecule has 3 aromatic heterocycles. The number of benzene rings is 1. The minimum absolute atomic E-state index is 0.0628. The molecule has 9 nitrogen and oxygen atoms in total. The molecule has 1 amide bonds. The molecule has 3 heterocycles. The zero-order chi connectivity index (χ0) is 23.5. The number of anilines is 1. The molecule has 0 aliphatic carbocycles. The minimum atomic E-state index is -0.542. The van der Waals surface area contributed by atoms with Gasteiger partial charge in [0.05, 0.1) is 23.4 Å². The molecule has 0 radical (unpaired) electrons. The second-order valence-electron chi connectivity index (χ2n) is 7.34. The highest BCUT2D eigenvalue weighted by atomic mass is 19.1. The van der Waals surface area contributed by atoms with Crippen LogP contribution in [0.25, 0.3) is 16.9 Å². The van der Waals surface area contributed by atoms with E-state index < -0.39 is 17.7 Å². The van der Waals surface area contributed by atoms with E-state index in [1.807, 2.05) is 6.92 Å². The van der Waals surface area contributed by atoms with Gasteiger partial charge >= 0.3 is 5.97 Å². The molecule has 0 bridgehead atoms. The number of carbonyl (C=O) groups is 2. The van der Waals surface area contributed by atoms with Crippen molar-refractivity contribution in [1.82, 2.24) is 24.4 Å². The van der Waals surface area contributed by atoms with E-state index in [1.165, 1.54) is 9.20 Å². The quantitative estimate of drug-likeness (QED) is 0.433. The molecular formula is C23H23FN6O3. The number of nitrogens with one attached hydrogen (secondary N) is 1. The Bertz CT molecular complexity index is 1340. The lowest BCUT2D eigenvalue weighted by atomic mass is 10.1. The van der Waals surface area contributed by atoms with Gasteiger partial charge in [0.25, 0.3) is 5.91 Å². The maximum atomic E-state index is 15.0. The summed E-state index contributed by atoms with van der Waals surface area (Å²) in [5, 5.41) is 11.4. The van der Waals surface area contributed by atoms with Crippen molar-refractivity contribution in [2.45, 2.75) is 33.7 Å². The zero-order valence-corrected chi connectivity index (χ0v) is 18.5. The van der Waals surface area contributed by atoms with E-state index in [-0.39, 0.29) is 30.2 Å². The Labute approximate surface area is 189 Å². The predicted octanol–water partition coefficient (Wildman–Crippen LogP) is 3.42. The Balaban J connectivity index is 1.72. The molecule has 4 aromatic rings. The molecule has 0 saturated carbocycles. The standard InChI is InChI=1S/C23H23FN6O3/c1-4-15-8-6-9-16(20(15)24)22-26-21(17-10-7-11-29(17)28-22)23(32)25-18-12-14(3)27-30(18)13-19(31)33-5-2/h6-12H,4-5,13H2,1-3H3,(H,25,32). The fraction of sp³-hybridized carbons (Fsp3) is 0.261. The molecule has 0 aliphatic heterocycles. The van der Waals surface area contributed by atoms with Crippen molar-refractivity contribution in [3.05, 3.63) is 65.4 Å². The van der Waals surface area contributed by atoms with Crippen LogP contribution >= 0.6 is 0 Å². The monoisotopic (exact) mass is 450 g/mol. The van der Waals surface area contributed by atoms with Crippen LogP contribution in [0.15, 0.2) is 42.6 Å². The van der Waals surface area contributed by atoms with Crippen LogP contribution in [0.3, 0.4) is 0 Å². The largest absolute Gasteiger partial charge is 0.465 e. The van der Waals surface area contributed by atoms with Crippen LogP contribution in [0.5, 0.6) is 0 Å². The summed E-state index contributed by atoms with van der Waals surface area (Å²) in [7, 11) is 0. The molecule has 1 aromatic carbocycles. The van der Waals surface area contributed by atoms with Gasteiger partial charge in [-0.25, -0.2) is 18.6 Å². The van der Waals surface area contributed by atoms with E-state index in [0.29, 0.717) is 29.0 Å². The summed E-state index contributed by atoms with van der Waals surface area (Å²) in [6.07, 6.45) is 2.18. The maximum absolute atomic E-state index is 15.0. The molecule has 0 saturated heterocycles. The average Bonchev–Trinajstić information content (AvgIpc) is 3.39. The van der Waals surface area contributed by atoms with Crippen LogP contribution < -0.4 is 5.32 Å². The molecule has 33 heavy (non-hydrogen) atoms. The fourth-order valence-electron chi connectivity index (χ4n) is 3.51. The molecule has 0 aliphatic rings. The second kappa shape index (κ2) is 9.19. The minimum Gasteiger partial charge on any atom is -0.465 e. The van der Waals surface area contributed by atoms with E-state index in [0.717, 1.165) is 0 Å². The number of nitrogens with zero attached hydrogens (tertiary/aromatic N) is 5. The first-order valence-corrected chi connectivity index (χ1v) is 10.6. The highest BCUT2D eigenvalue weighted by Gasteiger charge is 2.21. The molecule has 0 fully saturated rings. The van der Waals surface area contributed by atoms with Gasteiger partial charge in [-0.3, -0.25) is 9.59 Å². The number of rotatable bonds is 7. The third-order valence-electron chi connectivity index (χ3n) is 5.03. The van der Waals surface area contributed by atoms with Crippen molar-refractivity contribution < 1.29 is 18.7 Å². The van der Waals surface area contributed by atoms with Gasteiger partial charge in [0.1, 0.15) is 18.2 Å². The molecule has 0 atom stereocenters. The number of ether oxygens (including phenoxy) is 1. The Kier molecular flexibility index (Phi) is 6.16. The topological polar surface area (TPSA) is 103 Å². The molecule has 1 N–H and O–H groups in total. The van der Waals surface area contributed by atoms with Gasteiger partial charge in [-0.15, -0.1) is 5.10 Å². The Morgan fingerprint density at radius 2 is 1.97 bits per heavy atom. The number of halogens is 1. The Morgan fingerprint density at radius 3 is 2.73 bits per heavy atom. The van der Waals surface area contributed by atoms with E-state index in [2.05, 4.69) is 20.5 Å². The summed E-state index contributed by atoms with van der Waals surface area (Å²) in [6, 6.07) is 10.1. The molecule has 0 spiro atoms. The summed E-state index contributed by atoms with van der Waals surface area (Å²) in [5.74, 6) is -1.02. The smallest absolute Gasteiger partial charge is 0.327 e. The van der Waals surface area contributed by atoms with Crippen molar-refractivity contribution >= 4 is 23.2 Å². The Morgan fingerprint density at radius 1 is 1.15 bits per heavy atom. The number of esters is 1. The molecule has 4 rings (SSSR count). The first-order valence-electron chi connectivity index (χ1n) is 10.6. The first kappa shape index (κ1) is 22.1. The number of amides is 1. The van der Waals surface area contributed by atoms with E-state index in [4.69, 9.17) is 4.74 Å². The number of carbonyl (C=O) groups excluding carboxylic acids is 2. The highest BCUT2D eigenvalue weighted by molar-refractivity contribution is 6.07. The van der Waals surface area contributed by atoms with Gasteiger partial charge in [0, 0.05) is 12.3 Å². The third kappa shape index (κ3) is 4.45. The lowest BCUT2D eigenvalue weighted by Gasteiger charge is -2.11. The van der Waals surface area contributed by atoms with Crippen LogP contribution in [0.2, 0.25) is 0 Å². The lowest BCUT2D eigenvalue weighted by molar-refractivity contribution is -0.144. The van der Waals surface area contributed by atoms with Crippen molar-refractivity contribution in [3.8, 4) is 11.4 Å². The van der Waals surface area contributed by atoms with Crippen LogP contribution in [0, 0.1) is 12.7 Å².